The Kier molecular flexibility index (Phi) is 8.08. The summed E-state index contributed by atoms with van der Waals surface area (Å²) in [4.78, 5) is 25.2. The van der Waals surface area contributed by atoms with Crippen LogP contribution in [-0.4, -0.2) is 63.4 Å². The zero-order valence-corrected chi connectivity index (χ0v) is 21.5. The monoisotopic (exact) mass is 534 g/mol. The van der Waals surface area contributed by atoms with E-state index < -0.39 is 31.9 Å². The van der Waals surface area contributed by atoms with E-state index in [1.54, 1.807) is 0 Å². The largest absolute Gasteiger partial charge is 0.269 e. The highest BCUT2D eigenvalue weighted by molar-refractivity contribution is 7.89. The van der Waals surface area contributed by atoms with Crippen LogP contribution in [0.1, 0.15) is 59.2 Å². The van der Waals surface area contributed by atoms with Crippen molar-refractivity contribution in [2.75, 3.05) is 26.2 Å². The van der Waals surface area contributed by atoms with Crippen LogP contribution in [-0.2, 0) is 20.0 Å². The highest BCUT2D eigenvalue weighted by Crippen LogP contribution is 2.22. The smallest absolute Gasteiger partial charge is 0.267 e. The maximum atomic E-state index is 12.9. The minimum atomic E-state index is -3.68. The molecule has 2 aliphatic rings. The molecule has 194 valence electrons. The maximum Gasteiger partial charge on any atom is 0.269 e. The summed E-state index contributed by atoms with van der Waals surface area (Å²) < 4.78 is 54.2. The minimum Gasteiger partial charge on any atom is -0.267 e. The molecular weight excluding hydrogens is 504 g/mol. The third kappa shape index (κ3) is 5.77. The van der Waals surface area contributed by atoms with Crippen molar-refractivity contribution in [1.82, 2.24) is 19.5 Å². The van der Waals surface area contributed by atoms with E-state index in [9.17, 15) is 26.4 Å². The van der Waals surface area contributed by atoms with Gasteiger partial charge in [-0.25, -0.2) is 16.8 Å². The van der Waals surface area contributed by atoms with E-state index >= 15 is 0 Å². The lowest BCUT2D eigenvalue weighted by molar-refractivity contribution is 0.0846. The average Bonchev–Trinajstić information content (AvgIpc) is 3.30. The van der Waals surface area contributed by atoms with Crippen molar-refractivity contribution in [3.05, 3.63) is 59.7 Å². The summed E-state index contributed by atoms with van der Waals surface area (Å²) in [6.45, 7) is 1.87. The predicted molar refractivity (Wildman–Crippen MR) is 133 cm³/mol. The van der Waals surface area contributed by atoms with E-state index in [0.717, 1.165) is 38.5 Å². The predicted octanol–water partition coefficient (Wildman–Crippen LogP) is 2.11. The molecule has 2 N–H and O–H groups in total. The van der Waals surface area contributed by atoms with Crippen LogP contribution in [0.25, 0.3) is 0 Å². The van der Waals surface area contributed by atoms with Crippen LogP contribution < -0.4 is 10.9 Å². The number of sulfonamides is 2. The molecule has 2 heterocycles. The topological polar surface area (TPSA) is 133 Å². The maximum absolute atomic E-state index is 12.9. The molecule has 2 amide bonds. The number of hydrazine groups is 1. The van der Waals surface area contributed by atoms with Crippen LogP contribution in [0.15, 0.2) is 58.3 Å². The van der Waals surface area contributed by atoms with Gasteiger partial charge < -0.3 is 0 Å². The quantitative estimate of drug-likeness (QED) is 0.546. The van der Waals surface area contributed by atoms with E-state index in [-0.39, 0.29) is 20.9 Å². The molecule has 36 heavy (non-hydrogen) atoms. The molecule has 0 spiro atoms. The zero-order valence-electron chi connectivity index (χ0n) is 19.9. The van der Waals surface area contributed by atoms with Gasteiger partial charge in [-0.2, -0.15) is 8.61 Å². The number of nitrogens with one attached hydrogen (secondary N) is 2. The summed E-state index contributed by atoms with van der Waals surface area (Å²) in [5.74, 6) is -1.31. The second-order valence-corrected chi connectivity index (χ2v) is 12.8. The Labute approximate surface area is 211 Å². The van der Waals surface area contributed by atoms with Crippen LogP contribution >= 0.6 is 0 Å². The van der Waals surface area contributed by atoms with E-state index in [0.29, 0.717) is 26.2 Å². The van der Waals surface area contributed by atoms with Crippen molar-refractivity contribution in [2.45, 2.75) is 48.3 Å². The summed E-state index contributed by atoms with van der Waals surface area (Å²) in [6.07, 6.45) is 5.27. The highest BCUT2D eigenvalue weighted by atomic mass is 32.2. The summed E-state index contributed by atoms with van der Waals surface area (Å²) in [6, 6.07) is 11.2. The number of benzene rings is 2. The fourth-order valence-corrected chi connectivity index (χ4v) is 7.42. The number of carbonyl (C=O) groups excluding carboxylic acids is 2. The van der Waals surface area contributed by atoms with Gasteiger partial charge in [0, 0.05) is 37.3 Å². The van der Waals surface area contributed by atoms with Gasteiger partial charge in [-0.3, -0.25) is 20.4 Å². The van der Waals surface area contributed by atoms with E-state index in [4.69, 9.17) is 0 Å². The Bertz CT molecular complexity index is 1310. The van der Waals surface area contributed by atoms with E-state index in [1.807, 2.05) is 0 Å². The molecule has 12 heteroatoms. The first kappa shape index (κ1) is 26.3. The number of hydrogen-bond acceptors (Lipinski definition) is 6. The van der Waals surface area contributed by atoms with Crippen molar-refractivity contribution in [3.8, 4) is 0 Å². The van der Waals surface area contributed by atoms with Crippen LogP contribution in [0.2, 0.25) is 0 Å². The Morgan fingerprint density at radius 2 is 1.06 bits per heavy atom. The second kappa shape index (κ2) is 11.1. The highest BCUT2D eigenvalue weighted by Gasteiger charge is 2.28. The molecule has 0 atom stereocenters. The van der Waals surface area contributed by atoms with Crippen molar-refractivity contribution in [3.63, 3.8) is 0 Å². The van der Waals surface area contributed by atoms with E-state index in [1.165, 1.54) is 57.1 Å². The lowest BCUT2D eigenvalue weighted by atomic mass is 10.2. The molecule has 0 bridgehead atoms. The Morgan fingerprint density at radius 3 is 1.61 bits per heavy atom. The summed E-state index contributed by atoms with van der Waals surface area (Å²) >= 11 is 0. The summed E-state index contributed by atoms with van der Waals surface area (Å²) in [5.41, 5.74) is 4.80. The third-order valence-corrected chi connectivity index (χ3v) is 10.2. The number of hydrogen-bond donors (Lipinski definition) is 2. The number of rotatable bonds is 6. The van der Waals surface area contributed by atoms with Crippen molar-refractivity contribution in [1.29, 1.82) is 0 Å². The fourth-order valence-electron chi connectivity index (χ4n) is 4.34. The van der Waals surface area contributed by atoms with Crippen molar-refractivity contribution < 1.29 is 26.4 Å². The van der Waals surface area contributed by atoms with Gasteiger partial charge in [0.2, 0.25) is 20.0 Å². The van der Waals surface area contributed by atoms with Gasteiger partial charge in [0.15, 0.2) is 0 Å². The molecule has 0 saturated carbocycles. The van der Waals surface area contributed by atoms with Crippen molar-refractivity contribution >= 4 is 31.9 Å². The molecule has 10 nitrogen and oxygen atoms in total. The first-order valence-electron chi connectivity index (χ1n) is 12.0. The molecule has 2 aromatic carbocycles. The lowest BCUT2D eigenvalue weighted by Crippen LogP contribution is -2.41. The molecule has 2 fully saturated rings. The molecule has 2 aliphatic heterocycles. The first-order valence-corrected chi connectivity index (χ1v) is 14.9. The van der Waals surface area contributed by atoms with E-state index in [2.05, 4.69) is 10.9 Å². The minimum absolute atomic E-state index is 0.0181. The summed E-state index contributed by atoms with van der Waals surface area (Å²) in [5, 5.41) is 0. The summed E-state index contributed by atoms with van der Waals surface area (Å²) in [7, 11) is -7.31. The Balaban J connectivity index is 1.38. The Hall–Kier alpha value is -2.80. The molecule has 0 aliphatic carbocycles. The van der Waals surface area contributed by atoms with Gasteiger partial charge in [0.05, 0.1) is 9.79 Å². The van der Waals surface area contributed by atoms with Gasteiger partial charge >= 0.3 is 0 Å². The van der Waals surface area contributed by atoms with Crippen molar-refractivity contribution in [2.24, 2.45) is 0 Å². The molecular formula is C24H30N4O6S2. The third-order valence-electron chi connectivity index (χ3n) is 6.41. The van der Waals surface area contributed by atoms with Gasteiger partial charge in [0.25, 0.3) is 11.8 Å². The van der Waals surface area contributed by atoms with Gasteiger partial charge in [-0.05, 0) is 68.1 Å². The molecule has 2 saturated heterocycles. The first-order chi connectivity index (χ1) is 17.2. The molecule has 0 unspecified atom stereocenters. The van der Waals surface area contributed by atoms with Gasteiger partial charge in [0.1, 0.15) is 0 Å². The molecule has 0 radical (unpaired) electrons. The average molecular weight is 535 g/mol. The van der Waals surface area contributed by atoms with Crippen LogP contribution in [0.3, 0.4) is 0 Å². The van der Waals surface area contributed by atoms with Crippen LogP contribution in [0, 0.1) is 0 Å². The molecule has 0 aromatic heterocycles. The normalized spacial score (nSPS) is 17.9. The molecule has 2 aromatic rings. The number of carbonyl (C=O) groups is 2. The number of nitrogens with zero attached hydrogens (tertiary/aromatic N) is 2. The van der Waals surface area contributed by atoms with Crippen LogP contribution in [0.5, 0.6) is 0 Å². The fraction of sp³-hybridized carbons (Fsp3) is 0.417. The lowest BCUT2D eigenvalue weighted by Gasteiger charge is -2.20. The zero-order chi connectivity index (χ0) is 25.8. The van der Waals surface area contributed by atoms with Gasteiger partial charge in [-0.15, -0.1) is 0 Å². The number of amides is 2. The van der Waals surface area contributed by atoms with Gasteiger partial charge in [-0.1, -0.05) is 18.9 Å². The van der Waals surface area contributed by atoms with Crippen LogP contribution in [0.4, 0.5) is 0 Å². The Morgan fingerprint density at radius 1 is 0.583 bits per heavy atom. The second-order valence-electron chi connectivity index (χ2n) is 8.89. The SMILES string of the molecule is O=C(NNC(=O)c1cccc(S(=O)(=O)N2CCCC2)c1)c1ccc(S(=O)(=O)N2CCCCCC2)cc1. The standard InChI is InChI=1S/C24H30N4O6S2/c29-23(19-10-12-21(13-11-19)35(31,32)27-14-3-1-2-4-15-27)25-26-24(30)20-8-7-9-22(18-20)36(33,34)28-16-5-6-17-28/h7-13,18H,1-6,14-17H2,(H,25,29)(H,26,30). The molecule has 4 rings (SSSR count).